The van der Waals surface area contributed by atoms with Crippen LogP contribution in [0.5, 0.6) is 0 Å². The van der Waals surface area contributed by atoms with Gasteiger partial charge in [-0.2, -0.15) is 0 Å². The number of hydrogen-bond donors (Lipinski definition) is 1. The fraction of sp³-hybridized carbons (Fsp3) is 0.909. The van der Waals surface area contributed by atoms with Gasteiger partial charge in [0.25, 0.3) is 0 Å². The van der Waals surface area contributed by atoms with Crippen LogP contribution in [0, 0.1) is 39.9 Å². The molecule has 1 saturated heterocycles. The second kappa shape index (κ2) is 4.14. The maximum Gasteiger partial charge on any atom is 0.0654 e. The van der Waals surface area contributed by atoms with Gasteiger partial charge >= 0.3 is 0 Å². The molecular formula is C22H33NO. The van der Waals surface area contributed by atoms with E-state index in [1.54, 1.807) is 0 Å². The van der Waals surface area contributed by atoms with Gasteiger partial charge in [-0.15, -0.1) is 0 Å². The Kier molecular flexibility index (Phi) is 2.55. The van der Waals surface area contributed by atoms with Crippen LogP contribution < -0.4 is 0 Å². The molecule has 1 N–H and O–H groups in total. The molecule has 7 fully saturated rings. The van der Waals surface area contributed by atoms with Gasteiger partial charge in [-0.25, -0.2) is 0 Å². The van der Waals surface area contributed by atoms with E-state index in [2.05, 4.69) is 25.3 Å². The van der Waals surface area contributed by atoms with E-state index in [0.717, 1.165) is 11.8 Å². The third-order valence-electron chi connectivity index (χ3n) is 10.4. The Bertz CT molecular complexity index is 629. The molecule has 6 bridgehead atoms. The molecule has 0 aromatic rings. The third kappa shape index (κ3) is 1.26. The highest BCUT2D eigenvalue weighted by molar-refractivity contribution is 5.35. The molecule has 132 valence electrons. The first-order valence-electron chi connectivity index (χ1n) is 10.6. The van der Waals surface area contributed by atoms with Crippen molar-refractivity contribution in [2.45, 2.75) is 70.9 Å². The summed E-state index contributed by atoms with van der Waals surface area (Å²) >= 11 is 0. The van der Waals surface area contributed by atoms with Crippen molar-refractivity contribution in [1.82, 2.24) is 4.90 Å². The van der Waals surface area contributed by atoms with Crippen molar-refractivity contribution in [3.05, 3.63) is 12.2 Å². The second-order valence-electron chi connectivity index (χ2n) is 10.7. The van der Waals surface area contributed by atoms with Crippen LogP contribution in [0.3, 0.4) is 0 Å². The van der Waals surface area contributed by atoms with Crippen molar-refractivity contribution in [2.75, 3.05) is 13.1 Å². The molecule has 1 aliphatic heterocycles. The maximum atomic E-state index is 11.4. The average molecular weight is 328 g/mol. The van der Waals surface area contributed by atoms with Gasteiger partial charge in [-0.3, -0.25) is 4.90 Å². The van der Waals surface area contributed by atoms with Crippen molar-refractivity contribution < 1.29 is 5.11 Å². The minimum atomic E-state index is -0.106. The van der Waals surface area contributed by atoms with Gasteiger partial charge in [-0.05, 0) is 73.2 Å². The largest absolute Gasteiger partial charge is 0.392 e. The Morgan fingerprint density at radius 1 is 1.25 bits per heavy atom. The van der Waals surface area contributed by atoms with E-state index in [1.165, 1.54) is 63.6 Å². The standard InChI is InChI=1S/C22H33NO/c1-4-23-12-20(3)7-5-8-22-15(20)6-9-21-11-13(2)14(10-16(21)22)18(24)17(21)19(22)23/h14-19,24H,2,4-12H2,1,3H3/t14-,15+,16+,17?,18?,19?,20-,21-,22-/m0/s1. The number of likely N-dealkylation sites (tertiary alicyclic amines) is 1. The predicted molar refractivity (Wildman–Crippen MR) is 95.4 cm³/mol. The van der Waals surface area contributed by atoms with Gasteiger partial charge in [0.05, 0.1) is 6.10 Å². The Labute approximate surface area is 146 Å². The molecule has 2 heteroatoms. The Morgan fingerprint density at radius 3 is 2.88 bits per heavy atom. The van der Waals surface area contributed by atoms with Crippen molar-refractivity contribution in [2.24, 2.45) is 39.9 Å². The molecule has 0 aromatic heterocycles. The van der Waals surface area contributed by atoms with Crippen LogP contribution in [0.2, 0.25) is 0 Å². The van der Waals surface area contributed by atoms with E-state index in [9.17, 15) is 5.11 Å². The fourth-order valence-electron chi connectivity index (χ4n) is 10.1. The van der Waals surface area contributed by atoms with E-state index < -0.39 is 0 Å². The highest BCUT2D eigenvalue weighted by atomic mass is 16.3. The Morgan fingerprint density at radius 2 is 2.08 bits per heavy atom. The summed E-state index contributed by atoms with van der Waals surface area (Å²) < 4.78 is 0. The normalized spacial score (nSPS) is 63.7. The summed E-state index contributed by atoms with van der Waals surface area (Å²) in [6.45, 7) is 11.9. The number of piperidine rings is 1. The molecule has 1 heterocycles. The molecule has 2 spiro atoms. The fourth-order valence-corrected chi connectivity index (χ4v) is 10.1. The van der Waals surface area contributed by atoms with Crippen LogP contribution in [0.15, 0.2) is 12.2 Å². The van der Waals surface area contributed by atoms with Crippen LogP contribution in [0.1, 0.15) is 58.8 Å². The maximum absolute atomic E-state index is 11.4. The monoisotopic (exact) mass is 327 g/mol. The average Bonchev–Trinajstić information content (AvgIpc) is 2.63. The molecule has 2 nitrogen and oxygen atoms in total. The summed E-state index contributed by atoms with van der Waals surface area (Å²) in [5.41, 5.74) is 2.86. The molecule has 24 heavy (non-hydrogen) atoms. The van der Waals surface area contributed by atoms with Crippen molar-refractivity contribution in [3.8, 4) is 0 Å². The molecule has 0 radical (unpaired) electrons. The summed E-state index contributed by atoms with van der Waals surface area (Å²) in [5.74, 6) is 2.76. The highest BCUT2D eigenvalue weighted by Gasteiger charge is 2.81. The molecule has 3 unspecified atom stereocenters. The van der Waals surface area contributed by atoms with E-state index in [4.69, 9.17) is 0 Å². The number of hydrogen-bond acceptors (Lipinski definition) is 2. The zero-order valence-corrected chi connectivity index (χ0v) is 15.4. The zero-order valence-electron chi connectivity index (χ0n) is 15.4. The number of fused-ring (bicyclic) bond motifs is 1. The Hall–Kier alpha value is -0.340. The van der Waals surface area contributed by atoms with Gasteiger partial charge in [0.15, 0.2) is 0 Å². The first-order valence-corrected chi connectivity index (χ1v) is 10.6. The molecule has 0 amide bonds. The topological polar surface area (TPSA) is 23.5 Å². The number of rotatable bonds is 1. The SMILES string of the molecule is C=C1C[C@]23CC[C@@H]4[C@@]5(C)CCC[C@]46C(C2C(O)[C@H]1C[C@H]36)N(CC)C5. The first kappa shape index (κ1) is 14.8. The van der Waals surface area contributed by atoms with Gasteiger partial charge in [0, 0.05) is 24.4 Å². The lowest BCUT2D eigenvalue weighted by atomic mass is 9.40. The summed E-state index contributed by atoms with van der Waals surface area (Å²) in [7, 11) is 0. The van der Waals surface area contributed by atoms with E-state index in [1.807, 2.05) is 0 Å². The molecule has 0 aromatic carbocycles. The summed E-state index contributed by atoms with van der Waals surface area (Å²) in [6, 6.07) is 0.668. The van der Waals surface area contributed by atoms with E-state index in [0.29, 0.717) is 34.1 Å². The van der Waals surface area contributed by atoms with Gasteiger partial charge in [0.1, 0.15) is 0 Å². The zero-order chi connectivity index (χ0) is 16.5. The highest BCUT2D eigenvalue weighted by Crippen LogP contribution is 2.82. The molecule has 6 saturated carbocycles. The minimum absolute atomic E-state index is 0.106. The summed E-state index contributed by atoms with van der Waals surface area (Å²) in [6.07, 6.45) is 9.52. The molecular weight excluding hydrogens is 294 g/mol. The number of aliphatic hydroxyl groups excluding tert-OH is 1. The molecule has 6 aliphatic carbocycles. The first-order chi connectivity index (χ1) is 11.5. The van der Waals surface area contributed by atoms with E-state index in [-0.39, 0.29) is 6.10 Å². The number of nitrogens with zero attached hydrogens (tertiary/aromatic N) is 1. The smallest absolute Gasteiger partial charge is 0.0654 e. The number of aliphatic hydroxyl groups is 1. The minimum Gasteiger partial charge on any atom is -0.392 e. The molecule has 9 atom stereocenters. The van der Waals surface area contributed by atoms with Gasteiger partial charge < -0.3 is 5.11 Å². The van der Waals surface area contributed by atoms with Crippen molar-refractivity contribution in [3.63, 3.8) is 0 Å². The lowest BCUT2D eigenvalue weighted by molar-refractivity contribution is -0.182. The van der Waals surface area contributed by atoms with Gasteiger partial charge in [0.2, 0.25) is 0 Å². The van der Waals surface area contributed by atoms with E-state index >= 15 is 0 Å². The van der Waals surface area contributed by atoms with Crippen LogP contribution in [-0.2, 0) is 0 Å². The predicted octanol–water partition coefficient (Wildman–Crippen LogP) is 3.85. The third-order valence-corrected chi connectivity index (χ3v) is 10.4. The van der Waals surface area contributed by atoms with Crippen molar-refractivity contribution in [1.29, 1.82) is 0 Å². The summed E-state index contributed by atoms with van der Waals surface area (Å²) in [5, 5.41) is 11.4. The Balaban J connectivity index is 1.61. The quantitative estimate of drug-likeness (QED) is 0.740. The van der Waals surface area contributed by atoms with Crippen LogP contribution in [0.25, 0.3) is 0 Å². The van der Waals surface area contributed by atoms with Crippen LogP contribution >= 0.6 is 0 Å². The van der Waals surface area contributed by atoms with Gasteiger partial charge in [-0.1, -0.05) is 32.4 Å². The molecule has 7 aliphatic rings. The van der Waals surface area contributed by atoms with Crippen molar-refractivity contribution >= 4 is 0 Å². The second-order valence-corrected chi connectivity index (χ2v) is 10.7. The molecule has 7 rings (SSSR count). The van der Waals surface area contributed by atoms with Crippen LogP contribution in [-0.4, -0.2) is 35.2 Å². The lowest BCUT2D eigenvalue weighted by Gasteiger charge is -2.67. The van der Waals surface area contributed by atoms with Crippen LogP contribution in [0.4, 0.5) is 0 Å². The lowest BCUT2D eigenvalue weighted by Crippen LogP contribution is -2.66. The summed E-state index contributed by atoms with van der Waals surface area (Å²) in [4.78, 5) is 2.85.